The van der Waals surface area contributed by atoms with E-state index in [-0.39, 0.29) is 12.2 Å². The Hall–Kier alpha value is -0.860. The highest BCUT2D eigenvalue weighted by Crippen LogP contribution is 2.70. The maximum atomic E-state index is 11.8. The van der Waals surface area contributed by atoms with Crippen LogP contribution >= 0.6 is 0 Å². The van der Waals surface area contributed by atoms with Crippen LogP contribution in [0, 0.1) is 16.2 Å². The Morgan fingerprint density at radius 1 is 1.29 bits per heavy atom. The molecule has 0 radical (unpaired) electrons. The van der Waals surface area contributed by atoms with Crippen molar-refractivity contribution >= 4 is 11.8 Å². The van der Waals surface area contributed by atoms with E-state index in [0.29, 0.717) is 12.8 Å². The summed E-state index contributed by atoms with van der Waals surface area (Å²) >= 11 is 0. The molecule has 2 fully saturated rings. The van der Waals surface area contributed by atoms with E-state index in [1.54, 1.807) is 0 Å². The maximum absolute atomic E-state index is 11.8. The molecule has 2 aliphatic rings. The summed E-state index contributed by atoms with van der Waals surface area (Å²) in [5, 5.41) is 11.2. The lowest BCUT2D eigenvalue weighted by molar-refractivity contribution is -0.323. The van der Waals surface area contributed by atoms with Crippen LogP contribution in [0.3, 0.4) is 0 Å². The average Bonchev–Trinajstić information content (AvgIpc) is 2.34. The topological polar surface area (TPSA) is 57.2 Å². The van der Waals surface area contributed by atoms with Gasteiger partial charge in [-0.05, 0) is 18.3 Å². The third-order valence-electron chi connectivity index (χ3n) is 5.10. The van der Waals surface area contributed by atoms with Crippen LogP contribution in [-0.2, 0) is 9.59 Å². The first-order valence-electron chi connectivity index (χ1n) is 5.03. The Morgan fingerprint density at radius 2 is 1.86 bits per heavy atom. The summed E-state index contributed by atoms with van der Waals surface area (Å²) in [7, 11) is 0. The van der Waals surface area contributed by atoms with Crippen LogP contribution in [0.5, 0.6) is 0 Å². The van der Waals surface area contributed by atoms with E-state index in [1.807, 2.05) is 20.8 Å². The van der Waals surface area contributed by atoms with Crippen LogP contribution in [0.1, 0.15) is 40.0 Å². The lowest BCUT2D eigenvalue weighted by Crippen LogP contribution is -2.47. The summed E-state index contributed by atoms with van der Waals surface area (Å²) in [4.78, 5) is 23.0. The van der Waals surface area contributed by atoms with E-state index in [2.05, 4.69) is 0 Å². The van der Waals surface area contributed by atoms with E-state index in [9.17, 15) is 14.7 Å². The number of carbonyl (C=O) groups excluding carboxylic acids is 2. The number of ketones is 1. The molecule has 0 spiro atoms. The number of carboxylic acids is 1. The molecule has 3 heteroatoms. The van der Waals surface area contributed by atoms with Crippen LogP contribution < -0.4 is 5.11 Å². The van der Waals surface area contributed by atoms with Gasteiger partial charge in [0.05, 0.1) is 0 Å². The minimum atomic E-state index is -1.04. The van der Waals surface area contributed by atoms with Crippen molar-refractivity contribution < 1.29 is 14.7 Å². The zero-order valence-corrected chi connectivity index (χ0v) is 8.85. The first kappa shape index (κ1) is 9.69. The molecule has 0 heterocycles. The Labute approximate surface area is 83.5 Å². The van der Waals surface area contributed by atoms with Gasteiger partial charge < -0.3 is 9.90 Å². The molecule has 0 unspecified atom stereocenters. The minimum absolute atomic E-state index is 0.0953. The summed E-state index contributed by atoms with van der Waals surface area (Å²) in [6.07, 6.45) is 1.44. The predicted molar refractivity (Wildman–Crippen MR) is 48.2 cm³/mol. The first-order chi connectivity index (χ1) is 6.28. The van der Waals surface area contributed by atoms with Gasteiger partial charge in [-0.25, -0.2) is 0 Å². The van der Waals surface area contributed by atoms with Crippen LogP contribution in [0.15, 0.2) is 0 Å². The second-order valence-electron chi connectivity index (χ2n) is 5.43. The van der Waals surface area contributed by atoms with Crippen molar-refractivity contribution in [3.8, 4) is 0 Å². The molecule has 2 saturated carbocycles. The van der Waals surface area contributed by atoms with Gasteiger partial charge in [0, 0.05) is 23.2 Å². The smallest absolute Gasteiger partial charge is 0.140 e. The number of rotatable bonds is 1. The standard InChI is InChI=1S/C11H16O3/c1-9(2)10(3)4-5-11(9,8(13)14)6-7(10)12/h4-6H2,1-3H3,(H,13,14)/p-1/t10-,11-/m0/s1. The SMILES string of the molecule is CC1(C)[C@@]2(C(=O)[O-])CC[C@@]1(C)C(=O)C2. The number of aliphatic carboxylic acids is 1. The Kier molecular flexibility index (Phi) is 1.53. The quantitative estimate of drug-likeness (QED) is 0.613. The summed E-state index contributed by atoms with van der Waals surface area (Å²) in [6.45, 7) is 5.68. The number of fused-ring (bicyclic) bond motifs is 2. The number of Topliss-reactive ketones (excluding diaryl/α,β-unsaturated/α-hetero) is 1. The van der Waals surface area contributed by atoms with E-state index in [1.165, 1.54) is 0 Å². The molecule has 2 bridgehead atoms. The average molecular weight is 195 g/mol. The van der Waals surface area contributed by atoms with E-state index >= 15 is 0 Å². The van der Waals surface area contributed by atoms with Gasteiger partial charge >= 0.3 is 0 Å². The van der Waals surface area contributed by atoms with Crippen molar-refractivity contribution in [2.45, 2.75) is 40.0 Å². The third kappa shape index (κ3) is 0.677. The van der Waals surface area contributed by atoms with Crippen molar-refractivity contribution in [1.82, 2.24) is 0 Å². The molecule has 0 aliphatic heterocycles. The minimum Gasteiger partial charge on any atom is -0.550 e. The van der Waals surface area contributed by atoms with E-state index in [0.717, 1.165) is 0 Å². The Bertz CT molecular complexity index is 331. The van der Waals surface area contributed by atoms with Crippen molar-refractivity contribution in [3.05, 3.63) is 0 Å². The molecule has 78 valence electrons. The van der Waals surface area contributed by atoms with Gasteiger partial charge in [0.15, 0.2) is 0 Å². The fourth-order valence-corrected chi connectivity index (χ4v) is 3.31. The molecule has 3 nitrogen and oxygen atoms in total. The molecule has 14 heavy (non-hydrogen) atoms. The van der Waals surface area contributed by atoms with Crippen molar-refractivity contribution in [2.24, 2.45) is 16.2 Å². The predicted octanol–water partition coefficient (Wildman–Crippen LogP) is 0.522. The van der Waals surface area contributed by atoms with Crippen LogP contribution in [0.4, 0.5) is 0 Å². The molecule has 0 saturated heterocycles. The fourth-order valence-electron chi connectivity index (χ4n) is 3.31. The molecule has 2 atom stereocenters. The fraction of sp³-hybridized carbons (Fsp3) is 0.818. The zero-order chi connectivity index (χ0) is 10.8. The molecule has 0 aromatic heterocycles. The number of hydrogen-bond donors (Lipinski definition) is 0. The molecular weight excluding hydrogens is 180 g/mol. The number of carbonyl (C=O) groups is 2. The van der Waals surface area contributed by atoms with Crippen LogP contribution in [0.25, 0.3) is 0 Å². The molecule has 0 aromatic rings. The summed E-state index contributed by atoms with van der Waals surface area (Å²) < 4.78 is 0. The zero-order valence-electron chi connectivity index (χ0n) is 8.85. The Morgan fingerprint density at radius 3 is 2.07 bits per heavy atom. The van der Waals surface area contributed by atoms with E-state index < -0.39 is 22.2 Å². The van der Waals surface area contributed by atoms with Gasteiger partial charge in [0.1, 0.15) is 5.78 Å². The number of carboxylic acid groups (broad SMARTS) is 1. The highest BCUT2D eigenvalue weighted by Gasteiger charge is 2.70. The molecule has 2 aliphatic carbocycles. The van der Waals surface area contributed by atoms with Gasteiger partial charge in [-0.15, -0.1) is 0 Å². The molecule has 0 aromatic carbocycles. The number of hydrogen-bond acceptors (Lipinski definition) is 3. The van der Waals surface area contributed by atoms with Gasteiger partial charge in [-0.2, -0.15) is 0 Å². The lowest BCUT2D eigenvalue weighted by Gasteiger charge is -2.40. The molecule has 2 rings (SSSR count). The van der Waals surface area contributed by atoms with Gasteiger partial charge in [-0.3, -0.25) is 4.79 Å². The lowest BCUT2D eigenvalue weighted by atomic mass is 9.65. The molecule has 0 N–H and O–H groups in total. The van der Waals surface area contributed by atoms with Gasteiger partial charge in [0.25, 0.3) is 0 Å². The highest BCUT2D eigenvalue weighted by atomic mass is 16.4. The summed E-state index contributed by atoms with van der Waals surface area (Å²) in [6, 6.07) is 0. The second-order valence-corrected chi connectivity index (χ2v) is 5.43. The normalized spacial score (nSPS) is 44.4. The monoisotopic (exact) mass is 195 g/mol. The largest absolute Gasteiger partial charge is 0.550 e. The van der Waals surface area contributed by atoms with Gasteiger partial charge in [0.2, 0.25) is 0 Å². The van der Waals surface area contributed by atoms with E-state index in [4.69, 9.17) is 0 Å². The molecular formula is C11H15O3-. The summed E-state index contributed by atoms with van der Waals surface area (Å²) in [5.41, 5.74) is -1.82. The maximum Gasteiger partial charge on any atom is 0.140 e. The van der Waals surface area contributed by atoms with Crippen LogP contribution in [-0.4, -0.2) is 11.8 Å². The summed E-state index contributed by atoms with van der Waals surface area (Å²) in [5.74, 6) is -0.949. The van der Waals surface area contributed by atoms with Crippen molar-refractivity contribution in [3.63, 3.8) is 0 Å². The van der Waals surface area contributed by atoms with Crippen molar-refractivity contribution in [1.29, 1.82) is 0 Å². The third-order valence-corrected chi connectivity index (χ3v) is 5.10. The second kappa shape index (κ2) is 2.20. The Balaban J connectivity index is 2.60. The van der Waals surface area contributed by atoms with Gasteiger partial charge in [-0.1, -0.05) is 20.8 Å². The highest BCUT2D eigenvalue weighted by molar-refractivity contribution is 5.96. The molecule has 0 amide bonds. The van der Waals surface area contributed by atoms with Crippen molar-refractivity contribution in [2.75, 3.05) is 0 Å². The first-order valence-corrected chi connectivity index (χ1v) is 5.03. The van der Waals surface area contributed by atoms with Crippen LogP contribution in [0.2, 0.25) is 0 Å².